The van der Waals surface area contributed by atoms with Gasteiger partial charge in [-0.25, -0.2) is 0 Å². The van der Waals surface area contributed by atoms with Crippen molar-refractivity contribution in [2.24, 2.45) is 0 Å². The first-order chi connectivity index (χ1) is 20.0. The Morgan fingerprint density at radius 1 is 0.833 bits per heavy atom. The monoisotopic (exact) mass is 594 g/mol. The van der Waals surface area contributed by atoms with E-state index < -0.39 is 79.9 Å². The summed E-state index contributed by atoms with van der Waals surface area (Å²) in [5, 5.41) is 72.1. The summed E-state index contributed by atoms with van der Waals surface area (Å²) in [5.74, 6) is -0.190. The first-order valence-electron chi connectivity index (χ1n) is 13.4. The molecule has 3 heterocycles. The van der Waals surface area contributed by atoms with E-state index in [1.54, 1.807) is 24.3 Å². The number of aliphatic hydroxyl groups excluding tert-OH is 6. The molecule has 7 N–H and O–H groups in total. The molecule has 0 unspecified atom stereocenters. The van der Waals surface area contributed by atoms with Gasteiger partial charge in [-0.05, 0) is 24.6 Å². The van der Waals surface area contributed by atoms with E-state index in [1.807, 2.05) is 0 Å². The van der Waals surface area contributed by atoms with Crippen LogP contribution in [-0.4, -0.2) is 117 Å². The van der Waals surface area contributed by atoms with Crippen LogP contribution in [0, 0.1) is 0 Å². The minimum atomic E-state index is -1.75. The molecule has 0 saturated carbocycles. The largest absolute Gasteiger partial charge is 0.507 e. The lowest BCUT2D eigenvalue weighted by Crippen LogP contribution is -2.61. The smallest absolute Gasteiger partial charge is 0.229 e. The fourth-order valence-electron chi connectivity index (χ4n) is 5.11. The fourth-order valence-corrected chi connectivity index (χ4v) is 5.11. The molecule has 2 fully saturated rings. The second kappa shape index (κ2) is 12.3. The number of hydrogen-bond donors (Lipinski definition) is 7. The molecular formula is C28H34O14. The first kappa shape index (κ1) is 30.4. The van der Waals surface area contributed by atoms with Crippen LogP contribution in [0.3, 0.4) is 0 Å². The number of aromatic hydroxyl groups is 1. The average molecular weight is 595 g/mol. The zero-order valence-electron chi connectivity index (χ0n) is 22.7. The molecule has 0 aromatic heterocycles. The van der Waals surface area contributed by atoms with Gasteiger partial charge in [0.15, 0.2) is 12.1 Å². The lowest BCUT2D eigenvalue weighted by atomic mass is 9.95. The van der Waals surface area contributed by atoms with E-state index in [1.165, 1.54) is 20.1 Å². The number of aliphatic hydroxyl groups is 6. The van der Waals surface area contributed by atoms with Gasteiger partial charge >= 0.3 is 0 Å². The van der Waals surface area contributed by atoms with Gasteiger partial charge in [-0.2, -0.15) is 0 Å². The van der Waals surface area contributed by atoms with Gasteiger partial charge < -0.3 is 64.2 Å². The van der Waals surface area contributed by atoms with Gasteiger partial charge in [0.05, 0.1) is 26.2 Å². The number of hydrogen-bond acceptors (Lipinski definition) is 14. The van der Waals surface area contributed by atoms with Crippen molar-refractivity contribution in [1.82, 2.24) is 0 Å². The lowest BCUT2D eigenvalue weighted by molar-refractivity contribution is -0.318. The molecule has 14 heteroatoms. The normalized spacial score (nSPS) is 36.6. The second-order valence-corrected chi connectivity index (χ2v) is 10.5. The Morgan fingerprint density at radius 3 is 2.19 bits per heavy atom. The van der Waals surface area contributed by atoms with Crippen LogP contribution in [0.2, 0.25) is 0 Å². The number of rotatable bonds is 7. The maximum Gasteiger partial charge on any atom is 0.229 e. The van der Waals surface area contributed by atoms with Crippen molar-refractivity contribution in [3.05, 3.63) is 47.5 Å². The van der Waals surface area contributed by atoms with Crippen molar-refractivity contribution in [2.45, 2.75) is 80.9 Å². The number of ketones is 1. The minimum Gasteiger partial charge on any atom is -0.507 e. The van der Waals surface area contributed by atoms with Gasteiger partial charge in [-0.3, -0.25) is 4.79 Å². The Balaban J connectivity index is 1.29. The third kappa shape index (κ3) is 5.90. The molecule has 0 spiro atoms. The second-order valence-electron chi connectivity index (χ2n) is 10.5. The molecule has 5 rings (SSSR count). The van der Waals surface area contributed by atoms with Crippen molar-refractivity contribution in [3.8, 4) is 23.0 Å². The van der Waals surface area contributed by atoms with Crippen LogP contribution in [0.5, 0.6) is 23.0 Å². The van der Waals surface area contributed by atoms with Crippen LogP contribution >= 0.6 is 0 Å². The molecule has 2 saturated heterocycles. The van der Waals surface area contributed by atoms with Crippen LogP contribution in [-0.2, 0) is 14.2 Å². The van der Waals surface area contributed by atoms with Crippen molar-refractivity contribution in [3.63, 3.8) is 0 Å². The van der Waals surface area contributed by atoms with E-state index in [4.69, 9.17) is 28.4 Å². The summed E-state index contributed by atoms with van der Waals surface area (Å²) >= 11 is 0. The maximum absolute atomic E-state index is 12.9. The summed E-state index contributed by atoms with van der Waals surface area (Å²) in [6, 6.07) is 9.43. The zero-order valence-corrected chi connectivity index (χ0v) is 22.7. The third-order valence-electron chi connectivity index (χ3n) is 7.62. The van der Waals surface area contributed by atoms with Crippen molar-refractivity contribution < 1.29 is 69.0 Å². The molecule has 230 valence electrons. The standard InChI is InChI=1S/C28H34O14/c1-11-21(31)23(33)25(35)27(39-11)38-10-19-22(32)24(34)26(36)28(42-19)40-14-7-15(29)20-16(30)9-17(41-18(20)8-14)12-3-5-13(37-2)6-4-12/h3-8,11,17,19,21-29,31-36H,9-10H2,1-2H3/t11-,17-,19+,21+,22-,23-,24+,25-,26-,27-,28-/m1/s1. The highest BCUT2D eigenvalue weighted by molar-refractivity contribution is 6.02. The van der Waals surface area contributed by atoms with Crippen molar-refractivity contribution in [2.75, 3.05) is 13.7 Å². The van der Waals surface area contributed by atoms with Gasteiger partial charge in [0.1, 0.15) is 77.4 Å². The molecule has 0 aliphatic carbocycles. The molecule has 3 aliphatic heterocycles. The summed E-state index contributed by atoms with van der Waals surface area (Å²) in [7, 11) is 1.53. The Morgan fingerprint density at radius 2 is 1.50 bits per heavy atom. The van der Waals surface area contributed by atoms with Gasteiger partial charge in [0.2, 0.25) is 6.29 Å². The summed E-state index contributed by atoms with van der Waals surface area (Å²) in [4.78, 5) is 12.9. The molecule has 2 aromatic carbocycles. The molecule has 14 nitrogen and oxygen atoms in total. The highest BCUT2D eigenvalue weighted by atomic mass is 16.7. The quantitative estimate of drug-likeness (QED) is 0.208. The predicted octanol–water partition coefficient (Wildman–Crippen LogP) is -0.862. The van der Waals surface area contributed by atoms with Gasteiger partial charge in [-0.15, -0.1) is 0 Å². The van der Waals surface area contributed by atoms with Gasteiger partial charge in [0, 0.05) is 12.1 Å². The van der Waals surface area contributed by atoms with Crippen LogP contribution in [0.4, 0.5) is 0 Å². The Hall–Kier alpha value is -3.05. The van der Waals surface area contributed by atoms with Crippen LogP contribution < -0.4 is 14.2 Å². The SMILES string of the molecule is COc1ccc([C@H]2CC(=O)c3c(O)cc(O[C@@H]4O[C@@H](CO[C@@H]5O[C@H](C)[C@H](O)[C@@H](O)[C@H]5O)[C@@H](O)[C@H](O)[C@H]4O)cc3O2)cc1. The summed E-state index contributed by atoms with van der Waals surface area (Å²) in [6.45, 7) is 0.995. The highest BCUT2D eigenvalue weighted by Crippen LogP contribution is 2.42. The average Bonchev–Trinajstić information content (AvgIpc) is 2.97. The van der Waals surface area contributed by atoms with Gasteiger partial charge in [0.25, 0.3) is 0 Å². The summed E-state index contributed by atoms with van der Waals surface area (Å²) in [6.07, 6.45) is -15.4. The minimum absolute atomic E-state index is 0.0164. The number of phenols is 1. The molecule has 11 atom stereocenters. The number of methoxy groups -OCH3 is 1. The number of fused-ring (bicyclic) bond motifs is 1. The Labute approximate surface area is 240 Å². The number of phenolic OH excluding ortho intramolecular Hbond substituents is 1. The molecular weight excluding hydrogens is 560 g/mol. The van der Waals surface area contributed by atoms with E-state index in [0.717, 1.165) is 6.07 Å². The van der Waals surface area contributed by atoms with E-state index in [2.05, 4.69) is 0 Å². The van der Waals surface area contributed by atoms with Crippen molar-refractivity contribution in [1.29, 1.82) is 0 Å². The number of benzene rings is 2. The molecule has 0 bridgehead atoms. The molecule has 0 radical (unpaired) electrons. The van der Waals surface area contributed by atoms with E-state index >= 15 is 0 Å². The maximum atomic E-state index is 12.9. The zero-order chi connectivity index (χ0) is 30.3. The van der Waals surface area contributed by atoms with Crippen molar-refractivity contribution >= 4 is 5.78 Å². The molecule has 0 amide bonds. The Kier molecular flexibility index (Phi) is 8.89. The van der Waals surface area contributed by atoms with E-state index in [0.29, 0.717) is 11.3 Å². The van der Waals surface area contributed by atoms with E-state index in [9.17, 15) is 40.5 Å². The third-order valence-corrected chi connectivity index (χ3v) is 7.62. The molecule has 2 aromatic rings. The number of ether oxygens (including phenoxy) is 6. The lowest BCUT2D eigenvalue weighted by Gasteiger charge is -2.42. The Bertz CT molecular complexity index is 1250. The topological polar surface area (TPSA) is 214 Å². The highest BCUT2D eigenvalue weighted by Gasteiger charge is 2.47. The van der Waals surface area contributed by atoms with Crippen LogP contribution in [0.1, 0.15) is 35.4 Å². The number of carbonyl (C=O) groups excluding carboxylic acids is 1. The number of carbonyl (C=O) groups is 1. The fraction of sp³-hybridized carbons (Fsp3) is 0.536. The number of Topliss-reactive ketones (excluding diaryl/α,β-unsaturated/α-hetero) is 1. The summed E-state index contributed by atoms with van der Waals surface area (Å²) < 4.78 is 33.4. The molecule has 3 aliphatic rings. The van der Waals surface area contributed by atoms with Crippen LogP contribution in [0.25, 0.3) is 0 Å². The van der Waals surface area contributed by atoms with Gasteiger partial charge in [-0.1, -0.05) is 12.1 Å². The van der Waals surface area contributed by atoms with Crippen LogP contribution in [0.15, 0.2) is 36.4 Å². The summed E-state index contributed by atoms with van der Waals surface area (Å²) in [5.41, 5.74) is 0.668. The van der Waals surface area contributed by atoms with E-state index in [-0.39, 0.29) is 29.3 Å². The first-order valence-corrected chi connectivity index (χ1v) is 13.4. The molecule has 42 heavy (non-hydrogen) atoms. The predicted molar refractivity (Wildman–Crippen MR) is 139 cm³/mol.